The Labute approximate surface area is 242 Å². The first-order valence-electron chi connectivity index (χ1n) is 13.8. The van der Waals surface area contributed by atoms with Gasteiger partial charge < -0.3 is 28.8 Å². The molecule has 2 rings (SSSR count). The molecule has 0 aromatic rings. The van der Waals surface area contributed by atoms with Gasteiger partial charge in [-0.2, -0.15) is 0 Å². The highest BCUT2D eigenvalue weighted by Crippen LogP contribution is 2.65. The predicted octanol–water partition coefficient (Wildman–Crippen LogP) is 3.43. The normalized spacial score (nSPS) is 34.5. The van der Waals surface area contributed by atoms with E-state index >= 15 is 0 Å². The zero-order valence-electron chi connectivity index (χ0n) is 25.9. The quantitative estimate of drug-likeness (QED) is 0.242. The van der Waals surface area contributed by atoms with Gasteiger partial charge in [0.2, 0.25) is 0 Å². The fourth-order valence-electron chi connectivity index (χ4n) is 7.75. The summed E-state index contributed by atoms with van der Waals surface area (Å²) in [6.07, 6.45) is -2.19. The summed E-state index contributed by atoms with van der Waals surface area (Å²) in [5.41, 5.74) is -4.82. The molecule has 0 radical (unpaired) electrons. The van der Waals surface area contributed by atoms with Crippen molar-refractivity contribution in [2.24, 2.45) is 22.7 Å². The van der Waals surface area contributed by atoms with Crippen LogP contribution in [0.15, 0.2) is 12.7 Å². The summed E-state index contributed by atoms with van der Waals surface area (Å²) in [6, 6.07) is 0. The highest BCUT2D eigenvalue weighted by molar-refractivity contribution is 5.68. The zero-order chi connectivity index (χ0) is 31.7. The van der Waals surface area contributed by atoms with E-state index in [9.17, 15) is 29.1 Å². The van der Waals surface area contributed by atoms with Gasteiger partial charge in [0.15, 0.2) is 0 Å². The Morgan fingerprint density at radius 3 is 1.80 bits per heavy atom. The summed E-state index contributed by atoms with van der Waals surface area (Å²) in [5.74, 6) is -4.05. The molecular formula is C30H46O11. The van der Waals surface area contributed by atoms with Crippen molar-refractivity contribution in [3.63, 3.8) is 0 Å². The van der Waals surface area contributed by atoms with E-state index in [0.717, 1.165) is 0 Å². The van der Waals surface area contributed by atoms with Gasteiger partial charge in [-0.05, 0) is 32.1 Å². The van der Waals surface area contributed by atoms with Crippen LogP contribution in [0.4, 0.5) is 0 Å². The van der Waals surface area contributed by atoms with E-state index in [0.29, 0.717) is 0 Å². The van der Waals surface area contributed by atoms with E-state index in [1.807, 2.05) is 20.8 Å². The standard InChI is InChI=1S/C30H46O11/c1-12-29(10,36)24(39-18(4)33)13-23-28(9)14-22(38-17(3)32)26(40-19(5)34)27(7,8)25(28)21(37-16(2)31)15-30(23,11)41-20(6)35/h12,21-26,36H,1,13-15H2,2-11H3. The Kier molecular flexibility index (Phi) is 10.1. The molecule has 1 N–H and O–H groups in total. The smallest absolute Gasteiger partial charge is 0.303 e. The molecule has 9 unspecified atom stereocenters. The number of hydrogen-bond acceptors (Lipinski definition) is 11. The Balaban J connectivity index is 2.89. The molecule has 0 bridgehead atoms. The van der Waals surface area contributed by atoms with E-state index < -0.39 is 88.1 Å². The lowest BCUT2D eigenvalue weighted by molar-refractivity contribution is -0.276. The van der Waals surface area contributed by atoms with Crippen LogP contribution in [0.1, 0.15) is 88.5 Å². The van der Waals surface area contributed by atoms with Gasteiger partial charge in [0, 0.05) is 58.3 Å². The molecule has 11 nitrogen and oxygen atoms in total. The van der Waals surface area contributed by atoms with Crippen LogP contribution in [0.25, 0.3) is 0 Å². The second-order valence-electron chi connectivity index (χ2n) is 12.8. The molecule has 9 atom stereocenters. The molecule has 0 saturated heterocycles. The molecule has 0 heterocycles. The number of fused-ring (bicyclic) bond motifs is 1. The lowest BCUT2D eigenvalue weighted by Crippen LogP contribution is -2.70. The molecular weight excluding hydrogens is 536 g/mol. The number of aliphatic hydroxyl groups is 1. The maximum atomic E-state index is 12.5. The van der Waals surface area contributed by atoms with Gasteiger partial charge in [0.1, 0.15) is 35.6 Å². The Bertz CT molecular complexity index is 1060. The molecule has 0 spiro atoms. The monoisotopic (exact) mass is 582 g/mol. The van der Waals surface area contributed by atoms with Gasteiger partial charge in [0.25, 0.3) is 0 Å². The second-order valence-corrected chi connectivity index (χ2v) is 12.8. The predicted molar refractivity (Wildman–Crippen MR) is 146 cm³/mol. The SMILES string of the molecule is C=CC(C)(O)C(CC1C(C)(OC(C)=O)CC(OC(C)=O)C2C(C)(C)C(OC(C)=O)C(OC(C)=O)CC12C)OC(C)=O. The maximum absolute atomic E-state index is 12.5. The molecule has 0 aromatic carbocycles. The molecule has 232 valence electrons. The first kappa shape index (κ1) is 34.3. The third kappa shape index (κ3) is 7.28. The highest BCUT2D eigenvalue weighted by atomic mass is 16.6. The fourth-order valence-corrected chi connectivity index (χ4v) is 7.75. The van der Waals surface area contributed by atoms with Crippen molar-refractivity contribution < 1.29 is 52.8 Å². The average molecular weight is 583 g/mol. The second kappa shape index (κ2) is 12.1. The van der Waals surface area contributed by atoms with Crippen molar-refractivity contribution in [2.45, 2.75) is 124 Å². The minimum absolute atomic E-state index is 0.0171. The van der Waals surface area contributed by atoms with Crippen molar-refractivity contribution in [3.8, 4) is 0 Å². The molecule has 2 aliphatic carbocycles. The lowest BCUT2D eigenvalue weighted by Gasteiger charge is -2.66. The maximum Gasteiger partial charge on any atom is 0.303 e. The average Bonchev–Trinajstić information content (AvgIpc) is 2.76. The van der Waals surface area contributed by atoms with E-state index in [1.54, 1.807) is 6.92 Å². The molecule has 2 aliphatic rings. The first-order chi connectivity index (χ1) is 18.6. The molecule has 41 heavy (non-hydrogen) atoms. The van der Waals surface area contributed by atoms with Crippen molar-refractivity contribution in [1.82, 2.24) is 0 Å². The Morgan fingerprint density at radius 2 is 1.37 bits per heavy atom. The number of esters is 5. The van der Waals surface area contributed by atoms with Crippen LogP contribution in [0, 0.1) is 22.7 Å². The summed E-state index contributed by atoms with van der Waals surface area (Å²) in [4.78, 5) is 61.5. The fraction of sp³-hybridized carbons (Fsp3) is 0.767. The molecule has 2 fully saturated rings. The topological polar surface area (TPSA) is 152 Å². The van der Waals surface area contributed by atoms with Crippen LogP contribution in [0.2, 0.25) is 0 Å². The van der Waals surface area contributed by atoms with Crippen LogP contribution in [-0.4, -0.2) is 70.6 Å². The molecule has 2 saturated carbocycles. The minimum Gasteiger partial charge on any atom is -0.462 e. The Morgan fingerprint density at radius 1 is 0.854 bits per heavy atom. The van der Waals surface area contributed by atoms with Crippen LogP contribution in [0.3, 0.4) is 0 Å². The lowest BCUT2D eigenvalue weighted by atomic mass is 9.42. The van der Waals surface area contributed by atoms with Crippen molar-refractivity contribution >= 4 is 29.8 Å². The third-order valence-corrected chi connectivity index (χ3v) is 8.86. The van der Waals surface area contributed by atoms with Crippen LogP contribution >= 0.6 is 0 Å². The molecule has 0 aromatic heterocycles. The summed E-state index contributed by atoms with van der Waals surface area (Å²) >= 11 is 0. The first-order valence-corrected chi connectivity index (χ1v) is 13.8. The van der Waals surface area contributed by atoms with E-state index in [2.05, 4.69) is 6.58 Å². The van der Waals surface area contributed by atoms with Gasteiger partial charge in [-0.3, -0.25) is 24.0 Å². The van der Waals surface area contributed by atoms with Gasteiger partial charge in [0.05, 0.1) is 0 Å². The zero-order valence-corrected chi connectivity index (χ0v) is 25.9. The van der Waals surface area contributed by atoms with E-state index in [1.165, 1.54) is 47.6 Å². The van der Waals surface area contributed by atoms with Gasteiger partial charge in [-0.15, -0.1) is 6.58 Å². The molecule has 0 aliphatic heterocycles. The third-order valence-electron chi connectivity index (χ3n) is 8.86. The van der Waals surface area contributed by atoms with Gasteiger partial charge >= 0.3 is 29.8 Å². The highest BCUT2D eigenvalue weighted by Gasteiger charge is 2.69. The summed E-state index contributed by atoms with van der Waals surface area (Å²) in [7, 11) is 0. The summed E-state index contributed by atoms with van der Waals surface area (Å²) < 4.78 is 29.0. The van der Waals surface area contributed by atoms with Crippen LogP contribution < -0.4 is 0 Å². The Hall–Kier alpha value is -2.95. The van der Waals surface area contributed by atoms with E-state index in [-0.39, 0.29) is 19.3 Å². The number of carbonyl (C=O) groups is 5. The largest absolute Gasteiger partial charge is 0.462 e. The molecule has 11 heteroatoms. The number of ether oxygens (including phenoxy) is 5. The minimum atomic E-state index is -1.65. The summed E-state index contributed by atoms with van der Waals surface area (Å²) in [5, 5.41) is 11.2. The van der Waals surface area contributed by atoms with Crippen LogP contribution in [0.5, 0.6) is 0 Å². The van der Waals surface area contributed by atoms with Crippen molar-refractivity contribution in [2.75, 3.05) is 0 Å². The molecule has 0 amide bonds. The van der Waals surface area contributed by atoms with E-state index in [4.69, 9.17) is 23.7 Å². The van der Waals surface area contributed by atoms with Gasteiger partial charge in [-0.1, -0.05) is 26.8 Å². The van der Waals surface area contributed by atoms with Crippen molar-refractivity contribution in [3.05, 3.63) is 12.7 Å². The van der Waals surface area contributed by atoms with Gasteiger partial charge in [-0.25, -0.2) is 0 Å². The number of hydrogen-bond donors (Lipinski definition) is 1. The van der Waals surface area contributed by atoms with Crippen molar-refractivity contribution in [1.29, 1.82) is 0 Å². The number of rotatable bonds is 9. The summed E-state index contributed by atoms with van der Waals surface area (Å²) in [6.45, 7) is 18.8. The van der Waals surface area contributed by atoms with Crippen LogP contribution in [-0.2, 0) is 47.7 Å². The number of carbonyl (C=O) groups excluding carboxylic acids is 5.